The summed E-state index contributed by atoms with van der Waals surface area (Å²) >= 11 is 0. The van der Waals surface area contributed by atoms with Crippen molar-refractivity contribution >= 4 is 11.9 Å². The third kappa shape index (κ3) is 5.50. The van der Waals surface area contributed by atoms with Gasteiger partial charge in [-0.05, 0) is 6.92 Å². The van der Waals surface area contributed by atoms with E-state index in [1.54, 1.807) is 0 Å². The van der Waals surface area contributed by atoms with E-state index in [0.29, 0.717) is 0 Å². The van der Waals surface area contributed by atoms with Crippen molar-refractivity contribution in [1.82, 2.24) is 0 Å². The first-order valence-electron chi connectivity index (χ1n) is 4.10. The molecule has 2 atom stereocenters. The first-order chi connectivity index (χ1) is 6.47. The average Bonchev–Trinajstić information content (AvgIpc) is 2.12. The van der Waals surface area contributed by atoms with Crippen molar-refractivity contribution in [3.05, 3.63) is 0 Å². The van der Waals surface area contributed by atoms with Crippen LogP contribution in [0.25, 0.3) is 0 Å². The molecule has 0 aliphatic rings. The largest absolute Gasteiger partial charge is 0.460 e. The van der Waals surface area contributed by atoms with Gasteiger partial charge < -0.3 is 19.7 Å². The van der Waals surface area contributed by atoms with E-state index in [1.165, 1.54) is 13.8 Å². The summed E-state index contributed by atoms with van der Waals surface area (Å²) in [6, 6.07) is 0. The summed E-state index contributed by atoms with van der Waals surface area (Å²) in [6.45, 7) is 1.72. The molecule has 0 aromatic carbocycles. The van der Waals surface area contributed by atoms with Crippen LogP contribution in [0.4, 0.5) is 0 Å². The number of hydrogen-bond acceptors (Lipinski definition) is 6. The molecule has 0 heterocycles. The normalized spacial score (nSPS) is 14.3. The molecule has 82 valence electrons. The van der Waals surface area contributed by atoms with E-state index < -0.39 is 30.8 Å². The van der Waals surface area contributed by atoms with Gasteiger partial charge in [-0.2, -0.15) is 0 Å². The topological polar surface area (TPSA) is 93.1 Å². The molecule has 2 unspecified atom stereocenters. The van der Waals surface area contributed by atoms with Gasteiger partial charge in [0.25, 0.3) is 0 Å². The summed E-state index contributed by atoms with van der Waals surface area (Å²) in [5.74, 6) is -1.34. The van der Waals surface area contributed by atoms with Crippen LogP contribution in [0.2, 0.25) is 0 Å². The van der Waals surface area contributed by atoms with Crippen molar-refractivity contribution in [2.45, 2.75) is 26.1 Å². The van der Waals surface area contributed by atoms with Gasteiger partial charge >= 0.3 is 11.9 Å². The molecule has 6 heteroatoms. The molecule has 0 saturated heterocycles. The average molecular weight is 206 g/mol. The van der Waals surface area contributed by atoms with Crippen molar-refractivity contribution in [3.8, 4) is 0 Å². The number of ether oxygens (including phenoxy) is 2. The van der Waals surface area contributed by atoms with Gasteiger partial charge in [0.2, 0.25) is 0 Å². The van der Waals surface area contributed by atoms with Gasteiger partial charge in [-0.3, -0.25) is 4.79 Å². The van der Waals surface area contributed by atoms with Crippen LogP contribution >= 0.6 is 0 Å². The smallest absolute Gasteiger partial charge is 0.347 e. The monoisotopic (exact) mass is 206 g/mol. The highest BCUT2D eigenvalue weighted by Gasteiger charge is 2.18. The number of carbonyl (C=O) groups is 2. The Kier molecular flexibility index (Phi) is 5.82. The molecule has 2 N–H and O–H groups in total. The van der Waals surface area contributed by atoms with Crippen molar-refractivity contribution in [3.63, 3.8) is 0 Å². The summed E-state index contributed by atoms with van der Waals surface area (Å²) in [7, 11) is 0. The molecule has 0 spiro atoms. The Bertz CT molecular complexity index is 202. The van der Waals surface area contributed by atoms with E-state index in [1.807, 2.05) is 0 Å². The van der Waals surface area contributed by atoms with Gasteiger partial charge in [0.05, 0.1) is 6.61 Å². The minimum Gasteiger partial charge on any atom is -0.460 e. The molecule has 0 saturated carbocycles. The molecule has 0 aromatic heterocycles. The van der Waals surface area contributed by atoms with Crippen LogP contribution in [0.15, 0.2) is 0 Å². The lowest BCUT2D eigenvalue weighted by molar-refractivity contribution is -0.167. The second-order valence-corrected chi connectivity index (χ2v) is 2.72. The highest BCUT2D eigenvalue weighted by Crippen LogP contribution is 1.96. The number of carbonyl (C=O) groups excluding carboxylic acids is 2. The highest BCUT2D eigenvalue weighted by molar-refractivity contribution is 5.78. The Morgan fingerprint density at radius 2 is 2.00 bits per heavy atom. The van der Waals surface area contributed by atoms with Gasteiger partial charge in [0.1, 0.15) is 12.7 Å². The van der Waals surface area contributed by atoms with Crippen molar-refractivity contribution in [1.29, 1.82) is 0 Å². The third-order valence-corrected chi connectivity index (χ3v) is 1.30. The zero-order valence-corrected chi connectivity index (χ0v) is 8.10. The fraction of sp³-hybridized carbons (Fsp3) is 0.750. The van der Waals surface area contributed by atoms with Crippen LogP contribution in [0.5, 0.6) is 0 Å². The quantitative estimate of drug-likeness (QED) is 0.551. The SMILES string of the molecule is CC(=O)OC(C)C(=O)OCC(O)CO. The third-order valence-electron chi connectivity index (χ3n) is 1.30. The number of hydrogen-bond donors (Lipinski definition) is 2. The van der Waals surface area contributed by atoms with Gasteiger partial charge in [0, 0.05) is 6.92 Å². The second kappa shape index (κ2) is 6.33. The van der Waals surface area contributed by atoms with E-state index in [-0.39, 0.29) is 6.61 Å². The van der Waals surface area contributed by atoms with Crippen LogP contribution in [-0.4, -0.2) is 47.6 Å². The van der Waals surface area contributed by atoms with Crippen molar-refractivity contribution in [2.24, 2.45) is 0 Å². The van der Waals surface area contributed by atoms with E-state index >= 15 is 0 Å². The Labute approximate surface area is 81.4 Å². The lowest BCUT2D eigenvalue weighted by Crippen LogP contribution is -2.29. The molecule has 0 bridgehead atoms. The zero-order chi connectivity index (χ0) is 11.1. The predicted molar refractivity (Wildman–Crippen MR) is 45.3 cm³/mol. The van der Waals surface area contributed by atoms with Crippen LogP contribution in [0, 0.1) is 0 Å². The standard InChI is InChI=1S/C8H14O6/c1-5(14-6(2)10)8(12)13-4-7(11)3-9/h5,7,9,11H,3-4H2,1-2H3. The number of esters is 2. The van der Waals surface area contributed by atoms with Gasteiger partial charge in [-0.1, -0.05) is 0 Å². The van der Waals surface area contributed by atoms with Crippen LogP contribution in [0.3, 0.4) is 0 Å². The summed E-state index contributed by atoms with van der Waals surface area (Å²) in [6.07, 6.45) is -2.11. The van der Waals surface area contributed by atoms with E-state index in [0.717, 1.165) is 0 Å². The molecule has 0 amide bonds. The summed E-state index contributed by atoms with van der Waals surface area (Å²) in [4.78, 5) is 21.4. The Hall–Kier alpha value is -1.14. The molecule has 0 aromatic rings. The number of aliphatic hydroxyl groups is 2. The molecular weight excluding hydrogens is 192 g/mol. The maximum Gasteiger partial charge on any atom is 0.347 e. The second-order valence-electron chi connectivity index (χ2n) is 2.72. The Balaban J connectivity index is 3.78. The minimum atomic E-state index is -1.11. The van der Waals surface area contributed by atoms with Gasteiger partial charge in [0.15, 0.2) is 6.10 Å². The minimum absolute atomic E-state index is 0.319. The predicted octanol–water partition coefficient (Wildman–Crippen LogP) is -1.17. The first-order valence-corrected chi connectivity index (χ1v) is 4.10. The summed E-state index contributed by atoms with van der Waals surface area (Å²) < 4.78 is 9.05. The van der Waals surface area contributed by atoms with E-state index in [9.17, 15) is 9.59 Å². The fourth-order valence-electron chi connectivity index (χ4n) is 0.645. The molecular formula is C8H14O6. The van der Waals surface area contributed by atoms with Crippen LogP contribution in [-0.2, 0) is 19.1 Å². The van der Waals surface area contributed by atoms with Crippen molar-refractivity contribution < 1.29 is 29.3 Å². The molecule has 0 radical (unpaired) electrons. The highest BCUT2D eigenvalue weighted by atomic mass is 16.6. The molecule has 0 fully saturated rings. The van der Waals surface area contributed by atoms with Crippen molar-refractivity contribution in [2.75, 3.05) is 13.2 Å². The Morgan fingerprint density at radius 3 is 2.43 bits per heavy atom. The zero-order valence-electron chi connectivity index (χ0n) is 8.10. The maximum absolute atomic E-state index is 11.0. The lowest BCUT2D eigenvalue weighted by atomic mass is 10.4. The molecule has 6 nitrogen and oxygen atoms in total. The van der Waals surface area contributed by atoms with Crippen LogP contribution < -0.4 is 0 Å². The fourth-order valence-corrected chi connectivity index (χ4v) is 0.645. The lowest BCUT2D eigenvalue weighted by Gasteiger charge is -2.12. The maximum atomic E-state index is 11.0. The summed E-state index contributed by atoms with van der Waals surface area (Å²) in [5, 5.41) is 17.2. The van der Waals surface area contributed by atoms with Crippen LogP contribution in [0.1, 0.15) is 13.8 Å². The number of aliphatic hydroxyl groups excluding tert-OH is 2. The van der Waals surface area contributed by atoms with E-state index in [4.69, 9.17) is 10.2 Å². The first kappa shape index (κ1) is 12.9. The Morgan fingerprint density at radius 1 is 1.43 bits per heavy atom. The van der Waals surface area contributed by atoms with Gasteiger partial charge in [-0.25, -0.2) is 4.79 Å². The van der Waals surface area contributed by atoms with E-state index in [2.05, 4.69) is 9.47 Å². The molecule has 14 heavy (non-hydrogen) atoms. The molecule has 0 rings (SSSR count). The molecule has 0 aliphatic heterocycles. The van der Waals surface area contributed by atoms with Gasteiger partial charge in [-0.15, -0.1) is 0 Å². The number of rotatable bonds is 5. The summed E-state index contributed by atoms with van der Waals surface area (Å²) in [5.41, 5.74) is 0. The molecule has 0 aliphatic carbocycles.